The van der Waals surface area contributed by atoms with Gasteiger partial charge in [-0.15, -0.1) is 0 Å². The monoisotopic (exact) mass is 295 g/mol. The normalized spacial score (nSPS) is 14.8. The number of phosphoric acid groups is 1. The van der Waals surface area contributed by atoms with E-state index in [-0.39, 0.29) is 17.2 Å². The molecule has 0 aromatic carbocycles. The van der Waals surface area contributed by atoms with Gasteiger partial charge in [-0.05, 0) is 19.8 Å². The number of carbonyl (C=O) groups excluding carboxylic acids is 1. The van der Waals surface area contributed by atoms with Crippen LogP contribution >= 0.6 is 7.82 Å². The first-order valence-electron chi connectivity index (χ1n) is 5.97. The Labute approximate surface area is 114 Å². The minimum absolute atomic E-state index is 0.0940. The number of hydroxylamine groups is 3. The van der Waals surface area contributed by atoms with Crippen molar-refractivity contribution < 1.29 is 28.0 Å². The number of nitrogens with one attached hydrogen (secondary N) is 1. The van der Waals surface area contributed by atoms with E-state index in [1.165, 1.54) is 0 Å². The maximum Gasteiger partial charge on any atom is 0.518 e. The molecule has 0 saturated heterocycles. The Hall–Kier alpha value is -0.720. The van der Waals surface area contributed by atoms with Crippen molar-refractivity contribution in [2.24, 2.45) is 0 Å². The number of phosphoric ester groups is 1. The van der Waals surface area contributed by atoms with Crippen molar-refractivity contribution in [1.82, 2.24) is 5.32 Å². The smallest absolute Gasteiger partial charge is 0.352 e. The highest BCUT2D eigenvalue weighted by atomic mass is 31.2. The van der Waals surface area contributed by atoms with Gasteiger partial charge in [0.05, 0.1) is 27.7 Å². The topological polar surface area (TPSA) is 84.9 Å². The molecule has 19 heavy (non-hydrogen) atoms. The Balaban J connectivity index is 3.72. The highest BCUT2D eigenvalue weighted by Gasteiger charge is 2.30. The number of hydrogen-bond acceptors (Lipinski definition) is 4. The molecule has 0 heterocycles. The molecule has 0 aromatic rings. The molecular weight excluding hydrogens is 271 g/mol. The molecule has 7 nitrogen and oxygen atoms in total. The van der Waals surface area contributed by atoms with Crippen LogP contribution in [0, 0.1) is 0 Å². The van der Waals surface area contributed by atoms with Gasteiger partial charge in [-0.2, -0.15) is 4.65 Å². The zero-order valence-electron chi connectivity index (χ0n) is 12.0. The second kappa shape index (κ2) is 7.77. The van der Waals surface area contributed by atoms with E-state index in [0.717, 1.165) is 0 Å². The van der Waals surface area contributed by atoms with Crippen molar-refractivity contribution in [3.05, 3.63) is 12.2 Å². The van der Waals surface area contributed by atoms with Gasteiger partial charge in [0.25, 0.3) is 0 Å². The van der Waals surface area contributed by atoms with E-state index in [1.54, 1.807) is 28.1 Å². The van der Waals surface area contributed by atoms with Gasteiger partial charge in [0.1, 0.15) is 0 Å². The number of quaternary nitrogens is 1. The van der Waals surface area contributed by atoms with Crippen LogP contribution in [0.15, 0.2) is 12.2 Å². The van der Waals surface area contributed by atoms with Gasteiger partial charge in [0.15, 0.2) is 0 Å². The van der Waals surface area contributed by atoms with Gasteiger partial charge in [-0.1, -0.05) is 11.2 Å². The molecule has 0 rings (SSSR count). The first-order chi connectivity index (χ1) is 8.53. The maximum absolute atomic E-state index is 11.5. The number of amides is 1. The molecule has 0 spiro atoms. The van der Waals surface area contributed by atoms with Gasteiger partial charge >= 0.3 is 7.82 Å². The highest BCUT2D eigenvalue weighted by molar-refractivity contribution is 7.47. The van der Waals surface area contributed by atoms with Crippen LogP contribution in [0.2, 0.25) is 0 Å². The number of hydrogen-bond donors (Lipinski definition) is 2. The fourth-order valence-electron chi connectivity index (χ4n) is 1.09. The van der Waals surface area contributed by atoms with Crippen LogP contribution in [0.4, 0.5) is 0 Å². The molecular formula is C11H24N2O5P+. The van der Waals surface area contributed by atoms with Crippen molar-refractivity contribution >= 4 is 13.7 Å². The van der Waals surface area contributed by atoms with E-state index in [1.807, 2.05) is 0 Å². The number of rotatable bonds is 9. The molecule has 2 N–H and O–H groups in total. The molecule has 0 saturated carbocycles. The zero-order valence-corrected chi connectivity index (χ0v) is 12.9. The fraction of sp³-hybridized carbons (Fsp3) is 0.727. The van der Waals surface area contributed by atoms with Crippen LogP contribution in [0.3, 0.4) is 0 Å². The van der Waals surface area contributed by atoms with E-state index >= 15 is 0 Å². The lowest BCUT2D eigenvalue weighted by Crippen LogP contribution is -2.33. The average Bonchev–Trinajstić information content (AvgIpc) is 2.18. The summed E-state index contributed by atoms with van der Waals surface area (Å²) < 4.78 is 21.0. The summed E-state index contributed by atoms with van der Waals surface area (Å²) >= 11 is 0. The van der Waals surface area contributed by atoms with E-state index in [4.69, 9.17) is 9.15 Å². The van der Waals surface area contributed by atoms with Crippen LogP contribution in [0.25, 0.3) is 0 Å². The summed E-state index contributed by atoms with van der Waals surface area (Å²) in [5, 5.41) is 2.66. The SMILES string of the molecule is C=C(C)C(=O)NCCCCOP(=O)(O)O[N+](C)(C)C. The van der Waals surface area contributed by atoms with E-state index in [2.05, 4.69) is 11.9 Å². The van der Waals surface area contributed by atoms with E-state index in [0.29, 0.717) is 25.0 Å². The fourth-order valence-corrected chi connectivity index (χ4v) is 2.12. The van der Waals surface area contributed by atoms with Crippen LogP contribution in [0.5, 0.6) is 0 Å². The van der Waals surface area contributed by atoms with Crippen molar-refractivity contribution in [3.8, 4) is 0 Å². The van der Waals surface area contributed by atoms with Crippen molar-refractivity contribution in [2.75, 3.05) is 34.3 Å². The third kappa shape index (κ3) is 10.9. The second-order valence-electron chi connectivity index (χ2n) is 5.02. The van der Waals surface area contributed by atoms with Gasteiger partial charge in [0.2, 0.25) is 5.91 Å². The molecule has 0 aliphatic rings. The Morgan fingerprint density at radius 3 is 2.42 bits per heavy atom. The minimum atomic E-state index is -4.03. The number of carbonyl (C=O) groups is 1. The summed E-state index contributed by atoms with van der Waals surface area (Å²) in [5.74, 6) is -0.192. The molecule has 0 aromatic heterocycles. The van der Waals surface area contributed by atoms with E-state index < -0.39 is 7.82 Å². The lowest BCUT2D eigenvalue weighted by Gasteiger charge is -2.22. The molecule has 1 amide bonds. The third-order valence-electron chi connectivity index (χ3n) is 1.85. The molecule has 0 radical (unpaired) electrons. The first kappa shape index (κ1) is 18.3. The standard InChI is InChI=1S/C11H23N2O5P/c1-10(2)11(14)12-8-6-7-9-17-19(15,16)18-13(3,4)5/h1,6-9H2,2-5H3,(H-,12,14,15,16)/p+1. The number of unbranched alkanes of at least 4 members (excludes halogenated alkanes) is 1. The predicted molar refractivity (Wildman–Crippen MR) is 72.0 cm³/mol. The van der Waals surface area contributed by atoms with Gasteiger partial charge < -0.3 is 5.32 Å². The minimum Gasteiger partial charge on any atom is -0.352 e. The molecule has 1 unspecified atom stereocenters. The van der Waals surface area contributed by atoms with Crippen LogP contribution in [-0.2, 0) is 18.5 Å². The Morgan fingerprint density at radius 1 is 1.37 bits per heavy atom. The van der Waals surface area contributed by atoms with Crippen LogP contribution in [0.1, 0.15) is 19.8 Å². The van der Waals surface area contributed by atoms with Gasteiger partial charge in [-0.25, -0.2) is 4.57 Å². The molecule has 1 atom stereocenters. The molecule has 0 bridgehead atoms. The summed E-state index contributed by atoms with van der Waals surface area (Å²) in [5.41, 5.74) is 0.451. The van der Waals surface area contributed by atoms with Crippen LogP contribution < -0.4 is 5.32 Å². The van der Waals surface area contributed by atoms with Crippen LogP contribution in [-0.4, -0.2) is 49.7 Å². The molecule has 112 valence electrons. The Kier molecular flexibility index (Phi) is 7.47. The second-order valence-corrected chi connectivity index (χ2v) is 6.37. The average molecular weight is 295 g/mol. The predicted octanol–water partition coefficient (Wildman–Crippen LogP) is 1.21. The molecule has 8 heteroatoms. The lowest BCUT2D eigenvalue weighted by atomic mass is 10.3. The first-order valence-corrected chi connectivity index (χ1v) is 7.47. The van der Waals surface area contributed by atoms with Crippen molar-refractivity contribution in [1.29, 1.82) is 0 Å². The Morgan fingerprint density at radius 2 is 1.95 bits per heavy atom. The molecule has 0 aliphatic carbocycles. The van der Waals surface area contributed by atoms with Gasteiger partial charge in [-0.3, -0.25) is 14.2 Å². The van der Waals surface area contributed by atoms with E-state index in [9.17, 15) is 14.3 Å². The maximum atomic E-state index is 11.5. The summed E-state index contributed by atoms with van der Waals surface area (Å²) in [6.45, 7) is 5.71. The van der Waals surface area contributed by atoms with Gasteiger partial charge in [0, 0.05) is 12.1 Å². The molecule has 0 aliphatic heterocycles. The zero-order chi connectivity index (χ0) is 15.1. The quantitative estimate of drug-likeness (QED) is 0.220. The van der Waals surface area contributed by atoms with Crippen molar-refractivity contribution in [3.63, 3.8) is 0 Å². The highest BCUT2D eigenvalue weighted by Crippen LogP contribution is 2.45. The molecule has 0 fully saturated rings. The summed E-state index contributed by atoms with van der Waals surface area (Å²) in [6.07, 6.45) is 1.19. The Bertz CT molecular complexity index is 365. The summed E-state index contributed by atoms with van der Waals surface area (Å²) in [6, 6.07) is 0. The number of nitrogens with zero attached hydrogens (tertiary/aromatic N) is 1. The largest absolute Gasteiger partial charge is 0.518 e. The summed E-state index contributed by atoms with van der Waals surface area (Å²) in [4.78, 5) is 20.5. The summed E-state index contributed by atoms with van der Waals surface area (Å²) in [7, 11) is 0.805. The van der Waals surface area contributed by atoms with Crippen molar-refractivity contribution in [2.45, 2.75) is 19.8 Å². The lowest BCUT2D eigenvalue weighted by molar-refractivity contribution is -1.04. The third-order valence-corrected chi connectivity index (χ3v) is 3.05.